The molecule has 0 atom stereocenters. The first-order valence-electron chi connectivity index (χ1n) is 6.23. The molecule has 7 heteroatoms. The molecular weight excluding hydrogens is 344 g/mol. The number of carbonyl (C=O) groups excluding carboxylic acids is 1. The van der Waals surface area contributed by atoms with Crippen LogP contribution in [0.2, 0.25) is 0 Å². The molecule has 1 aromatic rings. The fraction of sp³-hybridized carbons (Fsp3) is 0.462. The van der Waals surface area contributed by atoms with E-state index in [4.69, 9.17) is 5.14 Å². The lowest BCUT2D eigenvalue weighted by Gasteiger charge is -2.26. The zero-order valence-electron chi connectivity index (χ0n) is 12.0. The molecule has 0 aromatic heterocycles. The molecule has 0 saturated carbocycles. The molecule has 1 amide bonds. The van der Waals surface area contributed by atoms with Crippen LogP contribution in [0.25, 0.3) is 0 Å². The summed E-state index contributed by atoms with van der Waals surface area (Å²) < 4.78 is 23.5. The summed E-state index contributed by atoms with van der Waals surface area (Å²) in [5.74, 6) is -0.203. The molecule has 0 heterocycles. The maximum Gasteiger partial charge on any atom is 0.254 e. The van der Waals surface area contributed by atoms with Gasteiger partial charge in [0, 0.05) is 22.6 Å². The Morgan fingerprint density at radius 2 is 1.95 bits per heavy atom. The van der Waals surface area contributed by atoms with Gasteiger partial charge in [0.1, 0.15) is 0 Å². The van der Waals surface area contributed by atoms with Crippen molar-refractivity contribution in [3.05, 3.63) is 27.7 Å². The molecule has 0 radical (unpaired) electrons. The lowest BCUT2D eigenvalue weighted by atomic mass is 10.1. The van der Waals surface area contributed by atoms with Gasteiger partial charge in [-0.3, -0.25) is 4.79 Å². The maximum absolute atomic E-state index is 12.5. The van der Waals surface area contributed by atoms with Crippen molar-refractivity contribution in [3.63, 3.8) is 0 Å². The molecule has 0 bridgehead atoms. The van der Waals surface area contributed by atoms with Gasteiger partial charge in [0.05, 0.1) is 4.90 Å². The summed E-state index contributed by atoms with van der Waals surface area (Å²) in [6.07, 6.45) is 0. The predicted molar refractivity (Wildman–Crippen MR) is 82.1 cm³/mol. The number of carbonyl (C=O) groups is 1. The first-order chi connectivity index (χ1) is 9.09. The Balaban J connectivity index is 3.45. The number of nitrogens with zero attached hydrogens (tertiary/aromatic N) is 1. The van der Waals surface area contributed by atoms with Crippen LogP contribution in [-0.2, 0) is 10.0 Å². The highest BCUT2D eigenvalue weighted by atomic mass is 79.9. The second-order valence-corrected chi connectivity index (χ2v) is 7.22. The fourth-order valence-electron chi connectivity index (χ4n) is 1.94. The Hall–Kier alpha value is -0.920. The first kappa shape index (κ1) is 17.1. The molecule has 0 spiro atoms. The van der Waals surface area contributed by atoms with Gasteiger partial charge in [-0.05, 0) is 45.4 Å². The number of nitrogens with two attached hydrogens (primary N) is 1. The lowest BCUT2D eigenvalue weighted by Crippen LogP contribution is -2.37. The van der Waals surface area contributed by atoms with Crippen molar-refractivity contribution in [3.8, 4) is 0 Å². The van der Waals surface area contributed by atoms with Gasteiger partial charge in [0.25, 0.3) is 5.91 Å². The molecule has 0 fully saturated rings. The molecule has 2 N–H and O–H groups in total. The molecule has 5 nitrogen and oxygen atoms in total. The van der Waals surface area contributed by atoms with Crippen molar-refractivity contribution >= 4 is 31.9 Å². The van der Waals surface area contributed by atoms with Crippen LogP contribution in [0, 0.1) is 6.92 Å². The number of halogens is 1. The number of amides is 1. The molecule has 1 rings (SSSR count). The van der Waals surface area contributed by atoms with E-state index in [1.54, 1.807) is 11.8 Å². The molecule has 0 saturated heterocycles. The number of hydrogen-bond donors (Lipinski definition) is 1. The quantitative estimate of drug-likeness (QED) is 0.891. The summed E-state index contributed by atoms with van der Waals surface area (Å²) in [5, 5.41) is 5.14. The average Bonchev–Trinajstić information content (AvgIpc) is 2.31. The molecule has 0 aliphatic carbocycles. The van der Waals surface area contributed by atoms with Gasteiger partial charge in [0.15, 0.2) is 0 Å². The SMILES string of the molecule is CCN(C(=O)c1cc(S(N)(=O)=O)cc(Br)c1C)C(C)C. The van der Waals surface area contributed by atoms with Crippen molar-refractivity contribution < 1.29 is 13.2 Å². The molecule has 1 aromatic carbocycles. The summed E-state index contributed by atoms with van der Waals surface area (Å²) in [4.78, 5) is 14.1. The lowest BCUT2D eigenvalue weighted by molar-refractivity contribution is 0.0716. The van der Waals surface area contributed by atoms with Gasteiger partial charge in [-0.15, -0.1) is 0 Å². The van der Waals surface area contributed by atoms with Crippen molar-refractivity contribution in [2.45, 2.75) is 38.6 Å². The van der Waals surface area contributed by atoms with Crippen LogP contribution < -0.4 is 5.14 Å². The standard InChI is InChI=1S/C13H19BrN2O3S/c1-5-16(8(2)3)13(17)11-6-10(20(15,18)19)7-12(14)9(11)4/h6-8H,5H2,1-4H3,(H2,15,18,19). The molecule has 112 valence electrons. The van der Waals surface area contributed by atoms with Gasteiger partial charge >= 0.3 is 0 Å². The van der Waals surface area contributed by atoms with Gasteiger partial charge in [-0.25, -0.2) is 13.6 Å². The Morgan fingerprint density at radius 1 is 1.40 bits per heavy atom. The van der Waals surface area contributed by atoms with Crippen molar-refractivity contribution in [2.75, 3.05) is 6.54 Å². The van der Waals surface area contributed by atoms with E-state index in [9.17, 15) is 13.2 Å². The van der Waals surface area contributed by atoms with Gasteiger partial charge in [-0.2, -0.15) is 0 Å². The number of primary sulfonamides is 1. The Morgan fingerprint density at radius 3 is 2.35 bits per heavy atom. The van der Waals surface area contributed by atoms with E-state index in [1.165, 1.54) is 12.1 Å². The first-order valence-corrected chi connectivity index (χ1v) is 8.57. The van der Waals surface area contributed by atoms with Crippen LogP contribution >= 0.6 is 15.9 Å². The zero-order valence-corrected chi connectivity index (χ0v) is 14.4. The van der Waals surface area contributed by atoms with Gasteiger partial charge < -0.3 is 4.90 Å². The summed E-state index contributed by atoms with van der Waals surface area (Å²) in [6.45, 7) is 8.02. The van der Waals surface area contributed by atoms with Crippen LogP contribution in [0.4, 0.5) is 0 Å². The molecule has 0 aliphatic heterocycles. The van der Waals surface area contributed by atoms with E-state index in [2.05, 4.69) is 15.9 Å². The third kappa shape index (κ3) is 3.59. The van der Waals surface area contributed by atoms with Crippen LogP contribution in [0.15, 0.2) is 21.5 Å². The second-order valence-electron chi connectivity index (χ2n) is 4.81. The number of hydrogen-bond acceptors (Lipinski definition) is 3. The summed E-state index contributed by atoms with van der Waals surface area (Å²) in [7, 11) is -3.85. The molecule has 20 heavy (non-hydrogen) atoms. The fourth-order valence-corrected chi connectivity index (χ4v) is 3.11. The number of sulfonamides is 1. The van der Waals surface area contributed by atoms with E-state index < -0.39 is 10.0 Å². The van der Waals surface area contributed by atoms with Crippen LogP contribution in [0.3, 0.4) is 0 Å². The summed E-state index contributed by atoms with van der Waals surface area (Å²) in [5.41, 5.74) is 1.04. The van der Waals surface area contributed by atoms with Crippen LogP contribution in [0.5, 0.6) is 0 Å². The minimum absolute atomic E-state index is 0.0313. The topological polar surface area (TPSA) is 80.5 Å². The number of benzene rings is 1. The zero-order chi connectivity index (χ0) is 15.7. The highest BCUT2D eigenvalue weighted by molar-refractivity contribution is 9.10. The predicted octanol–water partition coefficient (Wildman–Crippen LogP) is 2.28. The summed E-state index contributed by atoms with van der Waals surface area (Å²) >= 11 is 3.28. The minimum Gasteiger partial charge on any atom is -0.336 e. The second kappa shape index (κ2) is 6.24. The number of rotatable bonds is 4. The maximum atomic E-state index is 12.5. The van der Waals surface area contributed by atoms with E-state index in [-0.39, 0.29) is 16.8 Å². The molecule has 0 aliphatic rings. The van der Waals surface area contributed by atoms with Crippen molar-refractivity contribution in [1.82, 2.24) is 4.90 Å². The van der Waals surface area contributed by atoms with Gasteiger partial charge in [0.2, 0.25) is 10.0 Å². The molecule has 0 unspecified atom stereocenters. The van der Waals surface area contributed by atoms with E-state index in [0.717, 1.165) is 0 Å². The van der Waals surface area contributed by atoms with Gasteiger partial charge in [-0.1, -0.05) is 15.9 Å². The van der Waals surface area contributed by atoms with Crippen molar-refractivity contribution in [2.24, 2.45) is 5.14 Å². The highest BCUT2D eigenvalue weighted by Gasteiger charge is 2.22. The van der Waals surface area contributed by atoms with Crippen LogP contribution in [0.1, 0.15) is 36.7 Å². The summed E-state index contributed by atoms with van der Waals surface area (Å²) in [6, 6.07) is 2.78. The van der Waals surface area contributed by atoms with E-state index in [0.29, 0.717) is 22.1 Å². The van der Waals surface area contributed by atoms with Crippen molar-refractivity contribution in [1.29, 1.82) is 0 Å². The Labute approximate surface area is 128 Å². The smallest absolute Gasteiger partial charge is 0.254 e. The van der Waals surface area contributed by atoms with E-state index >= 15 is 0 Å². The monoisotopic (exact) mass is 362 g/mol. The third-order valence-corrected chi connectivity index (χ3v) is 4.82. The Kier molecular flexibility index (Phi) is 5.34. The highest BCUT2D eigenvalue weighted by Crippen LogP contribution is 2.25. The van der Waals surface area contributed by atoms with E-state index in [1.807, 2.05) is 20.8 Å². The average molecular weight is 363 g/mol. The largest absolute Gasteiger partial charge is 0.336 e. The molecular formula is C13H19BrN2O3S. The Bertz CT molecular complexity index is 627. The normalized spacial score (nSPS) is 11.8. The third-order valence-electron chi connectivity index (χ3n) is 3.10. The van der Waals surface area contributed by atoms with Crippen LogP contribution in [-0.4, -0.2) is 31.8 Å². The minimum atomic E-state index is -3.85.